The third-order valence-corrected chi connectivity index (χ3v) is 4.87. The molecule has 0 bridgehead atoms. The molecule has 0 aromatic heterocycles. The first kappa shape index (κ1) is 22.8. The Balaban J connectivity index is 2.66. The van der Waals surface area contributed by atoms with Crippen molar-refractivity contribution in [2.24, 2.45) is 11.7 Å². The maximum Gasteiger partial charge on any atom is 0.326 e. The van der Waals surface area contributed by atoms with Gasteiger partial charge in [-0.2, -0.15) is 0 Å². The van der Waals surface area contributed by atoms with Gasteiger partial charge < -0.3 is 31.5 Å². The number of aliphatic hydroxyl groups excluding tert-OH is 1. The van der Waals surface area contributed by atoms with Crippen molar-refractivity contribution in [2.75, 3.05) is 13.1 Å². The molecule has 1 heterocycles. The number of carbonyl (C=O) groups excluding carboxylic acids is 3. The molecular formula is C17H30N4O6. The van der Waals surface area contributed by atoms with Gasteiger partial charge in [0.1, 0.15) is 12.1 Å². The molecule has 154 valence electrons. The molecule has 6 N–H and O–H groups in total. The zero-order valence-corrected chi connectivity index (χ0v) is 16.0. The fourth-order valence-corrected chi connectivity index (χ4v) is 2.88. The average Bonchev–Trinajstić information content (AvgIpc) is 3.12. The van der Waals surface area contributed by atoms with Crippen molar-refractivity contribution in [3.63, 3.8) is 0 Å². The van der Waals surface area contributed by atoms with Crippen molar-refractivity contribution in [1.29, 1.82) is 0 Å². The molecule has 10 nitrogen and oxygen atoms in total. The summed E-state index contributed by atoms with van der Waals surface area (Å²) in [7, 11) is 0. The van der Waals surface area contributed by atoms with E-state index in [9.17, 15) is 29.4 Å². The molecule has 0 aliphatic carbocycles. The Morgan fingerprint density at radius 2 is 1.89 bits per heavy atom. The van der Waals surface area contributed by atoms with Crippen LogP contribution in [0.1, 0.15) is 40.0 Å². The Morgan fingerprint density at radius 1 is 1.26 bits per heavy atom. The molecule has 1 rings (SSSR count). The Kier molecular flexibility index (Phi) is 8.64. The van der Waals surface area contributed by atoms with E-state index in [1.54, 1.807) is 0 Å². The maximum absolute atomic E-state index is 12.6. The number of hydrogen-bond donors (Lipinski definition) is 5. The molecule has 0 aromatic rings. The summed E-state index contributed by atoms with van der Waals surface area (Å²) < 4.78 is 0. The van der Waals surface area contributed by atoms with Gasteiger partial charge in [-0.15, -0.1) is 0 Å². The molecule has 27 heavy (non-hydrogen) atoms. The highest BCUT2D eigenvalue weighted by atomic mass is 16.4. The summed E-state index contributed by atoms with van der Waals surface area (Å²) in [6.45, 7) is 4.89. The van der Waals surface area contributed by atoms with E-state index in [0.29, 0.717) is 19.3 Å². The van der Waals surface area contributed by atoms with E-state index >= 15 is 0 Å². The standard InChI is InChI=1S/C17H30N4O6/c1-4-9(2)13(18)15(24)19-8-12(23)20-14(10(3)22)16(25)21-7-5-6-11(21)17(26)27/h9-11,13-14,22H,4-8,18H2,1-3H3,(H,19,24)(H,20,23)(H,26,27). The molecule has 1 aliphatic rings. The molecule has 10 heteroatoms. The van der Waals surface area contributed by atoms with Gasteiger partial charge in [0.2, 0.25) is 17.7 Å². The van der Waals surface area contributed by atoms with E-state index in [1.807, 2.05) is 13.8 Å². The van der Waals surface area contributed by atoms with Gasteiger partial charge in [0.25, 0.3) is 0 Å². The highest BCUT2D eigenvalue weighted by Crippen LogP contribution is 2.19. The molecule has 5 unspecified atom stereocenters. The van der Waals surface area contributed by atoms with Gasteiger partial charge in [-0.3, -0.25) is 14.4 Å². The second kappa shape index (κ2) is 10.2. The van der Waals surface area contributed by atoms with E-state index in [2.05, 4.69) is 10.6 Å². The maximum atomic E-state index is 12.6. The Morgan fingerprint density at radius 3 is 2.41 bits per heavy atom. The fraction of sp³-hybridized carbons (Fsp3) is 0.765. The van der Waals surface area contributed by atoms with Crippen molar-refractivity contribution in [3.8, 4) is 0 Å². The van der Waals surface area contributed by atoms with Crippen molar-refractivity contribution in [2.45, 2.75) is 64.3 Å². The van der Waals surface area contributed by atoms with Gasteiger partial charge >= 0.3 is 5.97 Å². The summed E-state index contributed by atoms with van der Waals surface area (Å²) in [4.78, 5) is 49.0. The largest absolute Gasteiger partial charge is 0.480 e. The van der Waals surface area contributed by atoms with Gasteiger partial charge in [0.15, 0.2) is 0 Å². The van der Waals surface area contributed by atoms with E-state index in [0.717, 1.165) is 4.90 Å². The molecule has 0 radical (unpaired) electrons. The minimum absolute atomic E-state index is 0.0528. The lowest BCUT2D eigenvalue weighted by atomic mass is 9.99. The number of aliphatic hydroxyl groups is 1. The number of aliphatic carboxylic acids is 1. The van der Waals surface area contributed by atoms with Gasteiger partial charge in [-0.25, -0.2) is 4.79 Å². The zero-order chi connectivity index (χ0) is 20.7. The Hall–Kier alpha value is -2.20. The lowest BCUT2D eigenvalue weighted by molar-refractivity contribution is -0.150. The van der Waals surface area contributed by atoms with Crippen LogP contribution in [0.3, 0.4) is 0 Å². The van der Waals surface area contributed by atoms with Gasteiger partial charge in [0.05, 0.1) is 18.7 Å². The SMILES string of the molecule is CCC(C)C(N)C(=O)NCC(=O)NC(C(=O)N1CCCC1C(=O)O)C(C)O. The van der Waals surface area contributed by atoms with Crippen molar-refractivity contribution in [1.82, 2.24) is 15.5 Å². The smallest absolute Gasteiger partial charge is 0.326 e. The highest BCUT2D eigenvalue weighted by Gasteiger charge is 2.39. The monoisotopic (exact) mass is 386 g/mol. The molecule has 5 atom stereocenters. The second-order valence-corrected chi connectivity index (χ2v) is 6.94. The quantitative estimate of drug-likeness (QED) is 0.319. The minimum atomic E-state index is -1.29. The third-order valence-electron chi connectivity index (χ3n) is 4.87. The number of carboxylic acids is 1. The van der Waals surface area contributed by atoms with Crippen LogP contribution < -0.4 is 16.4 Å². The topological polar surface area (TPSA) is 162 Å². The van der Waals surface area contributed by atoms with Crippen LogP contribution in [0.2, 0.25) is 0 Å². The van der Waals surface area contributed by atoms with E-state index in [1.165, 1.54) is 6.92 Å². The number of nitrogens with zero attached hydrogens (tertiary/aromatic N) is 1. The van der Waals surface area contributed by atoms with E-state index in [-0.39, 0.29) is 12.5 Å². The van der Waals surface area contributed by atoms with Crippen LogP contribution in [-0.2, 0) is 19.2 Å². The number of carbonyl (C=O) groups is 4. The van der Waals surface area contributed by atoms with Crippen LogP contribution in [0.4, 0.5) is 0 Å². The number of likely N-dealkylation sites (tertiary alicyclic amines) is 1. The Labute approximate surface area is 158 Å². The first-order chi connectivity index (χ1) is 12.6. The summed E-state index contributed by atoms with van der Waals surface area (Å²) in [6.07, 6.45) is 0.340. The van der Waals surface area contributed by atoms with Crippen LogP contribution in [0, 0.1) is 5.92 Å². The number of carboxylic acid groups (broad SMARTS) is 1. The molecule has 1 saturated heterocycles. The molecule has 3 amide bonds. The van der Waals surface area contributed by atoms with Gasteiger partial charge in [0, 0.05) is 6.54 Å². The molecule has 0 saturated carbocycles. The number of hydrogen-bond acceptors (Lipinski definition) is 6. The summed E-state index contributed by atoms with van der Waals surface area (Å²) in [6, 6.07) is -3.01. The minimum Gasteiger partial charge on any atom is -0.480 e. The highest BCUT2D eigenvalue weighted by molar-refractivity contribution is 5.93. The predicted octanol–water partition coefficient (Wildman–Crippen LogP) is -1.58. The lowest BCUT2D eigenvalue weighted by Gasteiger charge is -2.28. The van der Waals surface area contributed by atoms with E-state index < -0.39 is 54.5 Å². The van der Waals surface area contributed by atoms with Crippen LogP contribution >= 0.6 is 0 Å². The van der Waals surface area contributed by atoms with Crippen molar-refractivity contribution >= 4 is 23.7 Å². The number of nitrogens with one attached hydrogen (secondary N) is 2. The molecule has 1 aliphatic heterocycles. The number of nitrogens with two attached hydrogens (primary N) is 1. The molecular weight excluding hydrogens is 356 g/mol. The molecule has 0 spiro atoms. The first-order valence-electron chi connectivity index (χ1n) is 9.14. The normalized spacial score (nSPS) is 21.1. The number of rotatable bonds is 9. The third kappa shape index (κ3) is 6.17. The van der Waals surface area contributed by atoms with Gasteiger partial charge in [-0.1, -0.05) is 20.3 Å². The van der Waals surface area contributed by atoms with Crippen LogP contribution in [0.25, 0.3) is 0 Å². The number of amides is 3. The van der Waals surface area contributed by atoms with Crippen molar-refractivity contribution < 1.29 is 29.4 Å². The first-order valence-corrected chi connectivity index (χ1v) is 9.14. The Bertz CT molecular complexity index is 568. The van der Waals surface area contributed by atoms with Crippen LogP contribution in [0.15, 0.2) is 0 Å². The van der Waals surface area contributed by atoms with E-state index in [4.69, 9.17) is 5.73 Å². The predicted molar refractivity (Wildman–Crippen MR) is 96.4 cm³/mol. The summed E-state index contributed by atoms with van der Waals surface area (Å²) in [5.41, 5.74) is 5.78. The average molecular weight is 386 g/mol. The zero-order valence-electron chi connectivity index (χ0n) is 16.0. The molecule has 1 fully saturated rings. The van der Waals surface area contributed by atoms with Gasteiger partial charge in [-0.05, 0) is 25.7 Å². The lowest BCUT2D eigenvalue weighted by Crippen LogP contribution is -2.57. The second-order valence-electron chi connectivity index (χ2n) is 6.94. The fourth-order valence-electron chi connectivity index (χ4n) is 2.88. The summed E-state index contributed by atoms with van der Waals surface area (Å²) in [5.74, 6) is -2.99. The van der Waals surface area contributed by atoms with Crippen LogP contribution in [0.5, 0.6) is 0 Å². The summed E-state index contributed by atoms with van der Waals surface area (Å²) >= 11 is 0. The molecule has 0 aromatic carbocycles. The van der Waals surface area contributed by atoms with Crippen molar-refractivity contribution in [3.05, 3.63) is 0 Å². The summed E-state index contributed by atoms with van der Waals surface area (Å²) in [5, 5.41) is 23.8. The van der Waals surface area contributed by atoms with Crippen LogP contribution in [-0.4, -0.2) is 76.1 Å².